The van der Waals surface area contributed by atoms with Crippen molar-refractivity contribution in [3.8, 4) is 0 Å². The standard InChI is InChI=1S/C17H26N2O3S/c1-14-9-8-10-16(13-14)19(23(3,21)22)15(2)17(20)18-11-6-4-5-7-12-18/h8-10,13,15H,4-7,11-12H2,1-3H3. The Hall–Kier alpha value is -1.56. The summed E-state index contributed by atoms with van der Waals surface area (Å²) in [7, 11) is -3.54. The van der Waals surface area contributed by atoms with E-state index in [1.807, 2.05) is 24.0 Å². The zero-order chi connectivity index (χ0) is 17.0. The van der Waals surface area contributed by atoms with E-state index in [1.54, 1.807) is 19.1 Å². The second kappa shape index (κ2) is 7.34. The summed E-state index contributed by atoms with van der Waals surface area (Å²) < 4.78 is 25.8. The Balaban J connectivity index is 2.30. The molecule has 1 unspecified atom stereocenters. The van der Waals surface area contributed by atoms with E-state index in [2.05, 4.69) is 0 Å². The van der Waals surface area contributed by atoms with E-state index in [0.29, 0.717) is 18.8 Å². The highest BCUT2D eigenvalue weighted by Crippen LogP contribution is 2.23. The number of hydrogen-bond acceptors (Lipinski definition) is 3. The van der Waals surface area contributed by atoms with Crippen molar-refractivity contribution in [2.24, 2.45) is 0 Å². The summed E-state index contributed by atoms with van der Waals surface area (Å²) in [6, 6.07) is 6.52. The van der Waals surface area contributed by atoms with Gasteiger partial charge >= 0.3 is 0 Å². The Morgan fingerprint density at radius 2 is 1.78 bits per heavy atom. The number of sulfonamides is 1. The third-order valence-electron chi connectivity index (χ3n) is 4.24. The van der Waals surface area contributed by atoms with Gasteiger partial charge < -0.3 is 4.90 Å². The number of amides is 1. The summed E-state index contributed by atoms with van der Waals surface area (Å²) in [4.78, 5) is 14.6. The molecule has 1 aliphatic heterocycles. The predicted octanol–water partition coefficient (Wildman–Crippen LogP) is 2.55. The number of benzene rings is 1. The molecule has 5 nitrogen and oxygen atoms in total. The minimum Gasteiger partial charge on any atom is -0.341 e. The van der Waals surface area contributed by atoms with Gasteiger partial charge in [-0.1, -0.05) is 25.0 Å². The van der Waals surface area contributed by atoms with Gasteiger partial charge in [0.1, 0.15) is 6.04 Å². The molecule has 0 aliphatic carbocycles. The van der Waals surface area contributed by atoms with Gasteiger partial charge in [-0.25, -0.2) is 8.42 Å². The van der Waals surface area contributed by atoms with Crippen molar-refractivity contribution in [2.45, 2.75) is 45.6 Å². The topological polar surface area (TPSA) is 57.7 Å². The van der Waals surface area contributed by atoms with Crippen LogP contribution in [0, 0.1) is 6.92 Å². The second-order valence-electron chi connectivity index (χ2n) is 6.31. The van der Waals surface area contributed by atoms with Crippen LogP contribution in [0.3, 0.4) is 0 Å². The van der Waals surface area contributed by atoms with E-state index in [4.69, 9.17) is 0 Å². The zero-order valence-corrected chi connectivity index (χ0v) is 15.0. The van der Waals surface area contributed by atoms with Crippen LogP contribution >= 0.6 is 0 Å². The highest BCUT2D eigenvalue weighted by atomic mass is 32.2. The second-order valence-corrected chi connectivity index (χ2v) is 8.17. The number of nitrogens with zero attached hydrogens (tertiary/aromatic N) is 2. The molecule has 1 amide bonds. The van der Waals surface area contributed by atoms with Crippen molar-refractivity contribution in [2.75, 3.05) is 23.7 Å². The molecule has 0 spiro atoms. The van der Waals surface area contributed by atoms with E-state index in [0.717, 1.165) is 37.5 Å². The quantitative estimate of drug-likeness (QED) is 0.848. The number of carbonyl (C=O) groups is 1. The normalized spacial score (nSPS) is 17.4. The predicted molar refractivity (Wildman–Crippen MR) is 93.0 cm³/mol. The Kier molecular flexibility index (Phi) is 5.68. The number of carbonyl (C=O) groups excluding carboxylic acids is 1. The fourth-order valence-electron chi connectivity index (χ4n) is 3.12. The first-order valence-corrected chi connectivity index (χ1v) is 10.0. The molecule has 0 bridgehead atoms. The van der Waals surface area contributed by atoms with Crippen LogP contribution in [-0.4, -0.2) is 44.6 Å². The summed E-state index contributed by atoms with van der Waals surface area (Å²) in [6.45, 7) is 5.02. The van der Waals surface area contributed by atoms with Gasteiger partial charge in [-0.15, -0.1) is 0 Å². The molecule has 128 valence electrons. The van der Waals surface area contributed by atoms with Crippen LogP contribution in [0.15, 0.2) is 24.3 Å². The lowest BCUT2D eigenvalue weighted by atomic mass is 10.2. The van der Waals surface area contributed by atoms with Crippen LogP contribution in [0.1, 0.15) is 38.2 Å². The highest BCUT2D eigenvalue weighted by Gasteiger charge is 2.32. The van der Waals surface area contributed by atoms with Gasteiger partial charge in [0.25, 0.3) is 0 Å². The van der Waals surface area contributed by atoms with E-state index in [9.17, 15) is 13.2 Å². The molecular formula is C17H26N2O3S. The molecule has 23 heavy (non-hydrogen) atoms. The lowest BCUT2D eigenvalue weighted by Crippen LogP contribution is -2.49. The van der Waals surface area contributed by atoms with E-state index >= 15 is 0 Å². The number of hydrogen-bond donors (Lipinski definition) is 0. The third kappa shape index (κ3) is 4.47. The summed E-state index contributed by atoms with van der Waals surface area (Å²) in [6.07, 6.45) is 5.39. The molecule has 0 aromatic heterocycles. The summed E-state index contributed by atoms with van der Waals surface area (Å²) >= 11 is 0. The summed E-state index contributed by atoms with van der Waals surface area (Å²) in [5.41, 5.74) is 1.51. The van der Waals surface area contributed by atoms with E-state index < -0.39 is 16.1 Å². The number of rotatable bonds is 4. The molecule has 0 N–H and O–H groups in total. The molecule has 1 heterocycles. The van der Waals surface area contributed by atoms with Crippen LogP contribution in [0.2, 0.25) is 0 Å². The molecular weight excluding hydrogens is 312 g/mol. The number of anilines is 1. The van der Waals surface area contributed by atoms with Crippen LogP contribution < -0.4 is 4.31 Å². The van der Waals surface area contributed by atoms with Crippen LogP contribution in [-0.2, 0) is 14.8 Å². The summed E-state index contributed by atoms with van der Waals surface area (Å²) in [5, 5.41) is 0. The number of likely N-dealkylation sites (tertiary alicyclic amines) is 1. The lowest BCUT2D eigenvalue weighted by Gasteiger charge is -2.32. The van der Waals surface area contributed by atoms with Gasteiger partial charge in [0.05, 0.1) is 11.9 Å². The van der Waals surface area contributed by atoms with Crippen molar-refractivity contribution >= 4 is 21.6 Å². The molecule has 1 saturated heterocycles. The van der Waals surface area contributed by atoms with Crippen molar-refractivity contribution in [3.63, 3.8) is 0 Å². The fraction of sp³-hybridized carbons (Fsp3) is 0.588. The van der Waals surface area contributed by atoms with Crippen molar-refractivity contribution in [1.29, 1.82) is 0 Å². The molecule has 1 aromatic carbocycles. The first-order chi connectivity index (χ1) is 10.8. The molecule has 0 saturated carbocycles. The van der Waals surface area contributed by atoms with Crippen LogP contribution in [0.5, 0.6) is 0 Å². The largest absolute Gasteiger partial charge is 0.341 e. The Morgan fingerprint density at radius 1 is 1.17 bits per heavy atom. The molecule has 1 fully saturated rings. The van der Waals surface area contributed by atoms with E-state index in [-0.39, 0.29) is 5.91 Å². The Labute approximate surface area is 139 Å². The summed E-state index contributed by atoms with van der Waals surface area (Å²) in [5.74, 6) is -0.112. The van der Waals surface area contributed by atoms with Gasteiger partial charge in [-0.2, -0.15) is 0 Å². The first kappa shape index (κ1) is 17.8. The minimum atomic E-state index is -3.54. The van der Waals surface area contributed by atoms with Crippen molar-refractivity contribution in [3.05, 3.63) is 29.8 Å². The molecule has 1 aliphatic rings. The first-order valence-electron chi connectivity index (χ1n) is 8.15. The molecule has 6 heteroatoms. The zero-order valence-electron chi connectivity index (χ0n) is 14.2. The maximum atomic E-state index is 12.8. The maximum Gasteiger partial charge on any atom is 0.246 e. The lowest BCUT2D eigenvalue weighted by molar-refractivity contribution is -0.131. The maximum absolute atomic E-state index is 12.8. The average Bonchev–Trinajstić information content (AvgIpc) is 2.74. The Bertz CT molecular complexity index is 650. The van der Waals surface area contributed by atoms with Crippen molar-refractivity contribution < 1.29 is 13.2 Å². The molecule has 1 aromatic rings. The fourth-order valence-corrected chi connectivity index (χ4v) is 4.28. The average molecular weight is 338 g/mol. The van der Waals surface area contributed by atoms with Gasteiger partial charge in [0.2, 0.25) is 15.9 Å². The molecule has 1 atom stereocenters. The molecule has 0 radical (unpaired) electrons. The van der Waals surface area contributed by atoms with E-state index in [1.165, 1.54) is 4.31 Å². The minimum absolute atomic E-state index is 0.112. The van der Waals surface area contributed by atoms with Gasteiger partial charge in [0.15, 0.2) is 0 Å². The van der Waals surface area contributed by atoms with Gasteiger partial charge in [0, 0.05) is 13.1 Å². The van der Waals surface area contributed by atoms with Gasteiger partial charge in [-0.3, -0.25) is 9.10 Å². The monoisotopic (exact) mass is 338 g/mol. The smallest absolute Gasteiger partial charge is 0.246 e. The highest BCUT2D eigenvalue weighted by molar-refractivity contribution is 7.92. The Morgan fingerprint density at radius 3 is 2.30 bits per heavy atom. The van der Waals surface area contributed by atoms with Gasteiger partial charge in [-0.05, 0) is 44.4 Å². The third-order valence-corrected chi connectivity index (χ3v) is 5.48. The van der Waals surface area contributed by atoms with Crippen LogP contribution in [0.25, 0.3) is 0 Å². The number of aryl methyl sites for hydroxylation is 1. The van der Waals surface area contributed by atoms with Crippen LogP contribution in [0.4, 0.5) is 5.69 Å². The SMILES string of the molecule is Cc1cccc(N(C(C)C(=O)N2CCCCCC2)S(C)(=O)=O)c1. The van der Waals surface area contributed by atoms with Crippen molar-refractivity contribution in [1.82, 2.24) is 4.90 Å². The molecule has 2 rings (SSSR count).